The molecule has 1 unspecified atom stereocenters. The quantitative estimate of drug-likeness (QED) is 0.687. The fourth-order valence-corrected chi connectivity index (χ4v) is 4.16. The van der Waals surface area contributed by atoms with Crippen LogP contribution in [0.25, 0.3) is 0 Å². The van der Waals surface area contributed by atoms with E-state index in [-0.39, 0.29) is 21.9 Å². The molecule has 1 N–H and O–H groups in total. The van der Waals surface area contributed by atoms with Crippen molar-refractivity contribution in [1.29, 1.82) is 0 Å². The van der Waals surface area contributed by atoms with E-state index in [2.05, 4.69) is 14.2 Å². The van der Waals surface area contributed by atoms with Crippen molar-refractivity contribution in [2.45, 2.75) is 24.8 Å². The Labute approximate surface area is 168 Å². The van der Waals surface area contributed by atoms with E-state index in [1.807, 2.05) is 0 Å². The van der Waals surface area contributed by atoms with Gasteiger partial charge < -0.3 is 9.47 Å². The van der Waals surface area contributed by atoms with Crippen molar-refractivity contribution in [3.8, 4) is 0 Å². The van der Waals surface area contributed by atoms with E-state index >= 15 is 0 Å². The Kier molecular flexibility index (Phi) is 7.10. The van der Waals surface area contributed by atoms with Gasteiger partial charge in [-0.3, -0.25) is 0 Å². The molecular formula is C20H22FNO6S. The van der Waals surface area contributed by atoms with Crippen molar-refractivity contribution in [2.75, 3.05) is 14.2 Å². The Hall–Kier alpha value is -2.78. The number of carbonyl (C=O) groups is 2. The number of ether oxygens (including phenoxy) is 2. The zero-order valence-electron chi connectivity index (χ0n) is 16.4. The van der Waals surface area contributed by atoms with Gasteiger partial charge in [0.05, 0.1) is 30.2 Å². The van der Waals surface area contributed by atoms with E-state index < -0.39 is 33.8 Å². The van der Waals surface area contributed by atoms with Crippen LogP contribution in [0.4, 0.5) is 4.39 Å². The van der Waals surface area contributed by atoms with Gasteiger partial charge in [-0.2, -0.15) is 0 Å². The lowest BCUT2D eigenvalue weighted by Crippen LogP contribution is -2.32. The van der Waals surface area contributed by atoms with Crippen LogP contribution < -0.4 is 4.72 Å². The Balaban J connectivity index is 2.51. The van der Waals surface area contributed by atoms with E-state index in [9.17, 15) is 22.4 Å². The highest BCUT2D eigenvalue weighted by molar-refractivity contribution is 7.89. The van der Waals surface area contributed by atoms with Crippen molar-refractivity contribution < 1.29 is 31.9 Å². The van der Waals surface area contributed by atoms with Gasteiger partial charge in [0.1, 0.15) is 5.82 Å². The second-order valence-corrected chi connectivity index (χ2v) is 8.34. The van der Waals surface area contributed by atoms with Crippen LogP contribution in [-0.4, -0.2) is 34.6 Å². The highest BCUT2D eigenvalue weighted by atomic mass is 32.2. The Morgan fingerprint density at radius 1 is 0.931 bits per heavy atom. The van der Waals surface area contributed by atoms with Crippen LogP contribution in [0.1, 0.15) is 46.2 Å². The van der Waals surface area contributed by atoms with Gasteiger partial charge in [-0.15, -0.1) is 0 Å². The van der Waals surface area contributed by atoms with Crippen molar-refractivity contribution in [3.63, 3.8) is 0 Å². The van der Waals surface area contributed by atoms with Gasteiger partial charge in [-0.1, -0.05) is 26.0 Å². The number of hydrogen-bond donors (Lipinski definition) is 1. The highest BCUT2D eigenvalue weighted by Crippen LogP contribution is 2.26. The molecular weight excluding hydrogens is 401 g/mol. The number of rotatable bonds is 7. The highest BCUT2D eigenvalue weighted by Gasteiger charge is 2.26. The van der Waals surface area contributed by atoms with E-state index in [0.29, 0.717) is 5.56 Å². The molecule has 9 heteroatoms. The first-order valence-corrected chi connectivity index (χ1v) is 10.2. The monoisotopic (exact) mass is 423 g/mol. The van der Waals surface area contributed by atoms with Crippen molar-refractivity contribution in [1.82, 2.24) is 4.72 Å². The van der Waals surface area contributed by atoms with E-state index in [4.69, 9.17) is 0 Å². The fourth-order valence-electron chi connectivity index (χ4n) is 2.72. The summed E-state index contributed by atoms with van der Waals surface area (Å²) < 4.78 is 51.1. The molecule has 7 nitrogen and oxygen atoms in total. The third-order valence-electron chi connectivity index (χ3n) is 4.24. The summed E-state index contributed by atoms with van der Waals surface area (Å²) in [5.74, 6) is -2.20. The van der Waals surface area contributed by atoms with Gasteiger partial charge in [0, 0.05) is 6.04 Å². The summed E-state index contributed by atoms with van der Waals surface area (Å²) in [6.45, 7) is 3.61. The Morgan fingerprint density at radius 3 is 1.83 bits per heavy atom. The summed E-state index contributed by atoms with van der Waals surface area (Å²) >= 11 is 0. The number of sulfonamides is 1. The molecule has 2 aromatic rings. The zero-order valence-corrected chi connectivity index (χ0v) is 17.2. The molecule has 0 fully saturated rings. The maximum atomic E-state index is 13.2. The second-order valence-electron chi connectivity index (χ2n) is 6.62. The summed E-state index contributed by atoms with van der Waals surface area (Å²) in [4.78, 5) is 23.5. The van der Waals surface area contributed by atoms with Gasteiger partial charge in [0.15, 0.2) is 0 Å². The predicted octanol–water partition coefficient (Wildman–Crippen LogP) is 3.07. The second kappa shape index (κ2) is 9.15. The maximum Gasteiger partial charge on any atom is 0.337 e. The standard InChI is InChI=1S/C20H22FNO6S/c1-12(2)18(13-5-7-16(21)8-6-13)22-29(25,26)17-10-14(19(23)27-3)9-15(11-17)20(24)28-4/h5-12,18,22H,1-4H3. The third kappa shape index (κ3) is 5.39. The number of esters is 2. The van der Waals surface area contributed by atoms with Gasteiger partial charge >= 0.3 is 11.9 Å². The summed E-state index contributed by atoms with van der Waals surface area (Å²) in [5, 5.41) is 0. The first-order chi connectivity index (χ1) is 13.6. The van der Waals surface area contributed by atoms with Gasteiger partial charge in [-0.05, 0) is 41.8 Å². The van der Waals surface area contributed by atoms with Crippen molar-refractivity contribution >= 4 is 22.0 Å². The maximum absolute atomic E-state index is 13.2. The first kappa shape index (κ1) is 22.5. The average Bonchev–Trinajstić information content (AvgIpc) is 2.71. The normalized spacial score (nSPS) is 12.5. The zero-order chi connectivity index (χ0) is 21.8. The third-order valence-corrected chi connectivity index (χ3v) is 5.66. The molecule has 0 aliphatic carbocycles. The van der Waals surface area contributed by atoms with Crippen LogP contribution in [0.3, 0.4) is 0 Å². The minimum absolute atomic E-state index is 0.112. The largest absolute Gasteiger partial charge is 0.465 e. The molecule has 0 aromatic heterocycles. The Bertz CT molecular complexity index is 968. The molecule has 0 bridgehead atoms. The molecule has 0 amide bonds. The molecule has 0 saturated carbocycles. The van der Waals surface area contributed by atoms with Crippen molar-refractivity contribution in [2.24, 2.45) is 5.92 Å². The summed E-state index contributed by atoms with van der Waals surface area (Å²) in [6.07, 6.45) is 0. The lowest BCUT2D eigenvalue weighted by Gasteiger charge is -2.23. The van der Waals surface area contributed by atoms with Crippen molar-refractivity contribution in [3.05, 3.63) is 65.0 Å². The van der Waals surface area contributed by atoms with E-state index in [1.165, 1.54) is 30.3 Å². The minimum Gasteiger partial charge on any atom is -0.465 e. The predicted molar refractivity (Wildman–Crippen MR) is 103 cm³/mol. The number of halogens is 1. The Morgan fingerprint density at radius 2 is 1.41 bits per heavy atom. The SMILES string of the molecule is COC(=O)c1cc(C(=O)OC)cc(S(=O)(=O)NC(c2ccc(F)cc2)C(C)C)c1. The molecule has 0 spiro atoms. The molecule has 2 rings (SSSR count). The minimum atomic E-state index is -4.15. The summed E-state index contributed by atoms with van der Waals surface area (Å²) in [6, 6.07) is 8.23. The summed E-state index contributed by atoms with van der Waals surface area (Å²) in [7, 11) is -1.87. The molecule has 1 atom stereocenters. The number of nitrogens with one attached hydrogen (secondary N) is 1. The van der Waals surface area contributed by atoms with Crippen LogP contribution in [0.2, 0.25) is 0 Å². The lowest BCUT2D eigenvalue weighted by atomic mass is 9.97. The smallest absolute Gasteiger partial charge is 0.337 e. The van der Waals surface area contributed by atoms with Crippen LogP contribution in [0, 0.1) is 11.7 Å². The number of benzene rings is 2. The van der Waals surface area contributed by atoms with E-state index in [1.54, 1.807) is 13.8 Å². The van der Waals surface area contributed by atoms with Crippen LogP contribution in [-0.2, 0) is 19.5 Å². The first-order valence-electron chi connectivity index (χ1n) is 8.68. The van der Waals surface area contributed by atoms with Crippen LogP contribution >= 0.6 is 0 Å². The summed E-state index contributed by atoms with van der Waals surface area (Å²) in [5.41, 5.74) is 0.347. The fraction of sp³-hybridized carbons (Fsp3) is 0.300. The molecule has 29 heavy (non-hydrogen) atoms. The topological polar surface area (TPSA) is 98.8 Å². The van der Waals surface area contributed by atoms with E-state index in [0.717, 1.165) is 26.4 Å². The lowest BCUT2D eigenvalue weighted by molar-refractivity contribution is 0.0598. The molecule has 0 aliphatic heterocycles. The molecule has 0 radical (unpaired) electrons. The van der Waals surface area contributed by atoms with Crippen LogP contribution in [0.15, 0.2) is 47.4 Å². The van der Waals surface area contributed by atoms with Gasteiger partial charge in [-0.25, -0.2) is 27.1 Å². The van der Waals surface area contributed by atoms with Gasteiger partial charge in [0.25, 0.3) is 0 Å². The molecule has 0 heterocycles. The molecule has 2 aromatic carbocycles. The molecule has 156 valence electrons. The van der Waals surface area contributed by atoms with Gasteiger partial charge in [0.2, 0.25) is 10.0 Å². The number of hydrogen-bond acceptors (Lipinski definition) is 6. The molecule has 0 aliphatic rings. The molecule has 0 saturated heterocycles. The van der Waals surface area contributed by atoms with Crippen LogP contribution in [0.5, 0.6) is 0 Å². The number of carbonyl (C=O) groups excluding carboxylic acids is 2. The average molecular weight is 423 g/mol. The number of methoxy groups -OCH3 is 2.